The molecular weight excluding hydrogens is 222 g/mol. The van der Waals surface area contributed by atoms with Crippen LogP contribution in [0.25, 0.3) is 0 Å². The minimum Gasteiger partial charge on any atom is -0.391 e. The molecule has 2 aliphatic rings. The molecule has 0 aromatic rings. The Kier molecular flexibility index (Phi) is 5.97. The number of rotatable bonds is 3. The maximum Gasteiger partial charge on any atom is 0.0695 e. The average Bonchev–Trinajstić information content (AvgIpc) is 2.36. The Labute approximate surface area is 113 Å². The molecule has 106 valence electrons. The summed E-state index contributed by atoms with van der Waals surface area (Å²) < 4.78 is 0. The predicted octanol–water partition coefficient (Wildman–Crippen LogP) is 3.72. The molecule has 18 heavy (non-hydrogen) atoms. The highest BCUT2D eigenvalue weighted by Crippen LogP contribution is 2.29. The van der Waals surface area contributed by atoms with Crippen LogP contribution in [0.1, 0.15) is 77.6 Å². The van der Waals surface area contributed by atoms with Crippen molar-refractivity contribution in [3.05, 3.63) is 0 Å². The van der Waals surface area contributed by atoms with E-state index in [-0.39, 0.29) is 6.10 Å². The molecule has 2 fully saturated rings. The van der Waals surface area contributed by atoms with E-state index in [0.29, 0.717) is 6.04 Å². The lowest BCUT2D eigenvalue weighted by Gasteiger charge is -2.44. The van der Waals surface area contributed by atoms with E-state index >= 15 is 0 Å². The van der Waals surface area contributed by atoms with Gasteiger partial charge in [0.05, 0.1) is 6.10 Å². The van der Waals surface area contributed by atoms with Crippen LogP contribution in [0.5, 0.6) is 0 Å². The predicted molar refractivity (Wildman–Crippen MR) is 76.7 cm³/mol. The van der Waals surface area contributed by atoms with Crippen molar-refractivity contribution in [3.8, 4) is 0 Å². The van der Waals surface area contributed by atoms with Crippen molar-refractivity contribution in [2.45, 2.75) is 95.7 Å². The van der Waals surface area contributed by atoms with E-state index < -0.39 is 0 Å². The largest absolute Gasteiger partial charge is 0.391 e. The second kappa shape index (κ2) is 7.49. The van der Waals surface area contributed by atoms with Crippen molar-refractivity contribution in [3.63, 3.8) is 0 Å². The number of hydrogen-bond donors (Lipinski definition) is 1. The van der Waals surface area contributed by atoms with Crippen LogP contribution < -0.4 is 0 Å². The molecule has 0 radical (unpaired) electrons. The van der Waals surface area contributed by atoms with Crippen molar-refractivity contribution in [1.82, 2.24) is 4.90 Å². The molecule has 2 nitrogen and oxygen atoms in total. The van der Waals surface area contributed by atoms with E-state index in [1.54, 1.807) is 0 Å². The molecule has 0 spiro atoms. The zero-order valence-electron chi connectivity index (χ0n) is 12.1. The van der Waals surface area contributed by atoms with Crippen molar-refractivity contribution in [2.75, 3.05) is 6.54 Å². The Hall–Kier alpha value is -0.0800. The molecule has 2 rings (SSSR count). The van der Waals surface area contributed by atoms with Crippen molar-refractivity contribution in [1.29, 1.82) is 0 Å². The number of nitrogens with zero attached hydrogens (tertiary/aromatic N) is 1. The number of likely N-dealkylation sites (tertiary alicyclic amines) is 1. The van der Waals surface area contributed by atoms with Crippen LogP contribution >= 0.6 is 0 Å². The van der Waals surface area contributed by atoms with E-state index in [1.165, 1.54) is 70.8 Å². The van der Waals surface area contributed by atoms with Crippen molar-refractivity contribution in [2.24, 2.45) is 0 Å². The summed E-state index contributed by atoms with van der Waals surface area (Å²) in [6, 6.07) is 1.21. The van der Waals surface area contributed by atoms with Gasteiger partial charge in [0.2, 0.25) is 0 Å². The Balaban J connectivity index is 1.99. The second-order valence-electron chi connectivity index (χ2n) is 6.30. The summed E-state index contributed by atoms with van der Waals surface area (Å²) in [4.78, 5) is 2.68. The zero-order chi connectivity index (χ0) is 12.8. The summed E-state index contributed by atoms with van der Waals surface area (Å²) >= 11 is 0. The minimum absolute atomic E-state index is 0.0669. The van der Waals surface area contributed by atoms with Crippen LogP contribution in [0, 0.1) is 0 Å². The standard InChI is InChI=1S/C16H31NO/c1-2-9-14-10-7-8-13-17(14)15-11-5-3-4-6-12-16(15)18/h14-16,18H,2-13H2,1H3. The summed E-state index contributed by atoms with van der Waals surface area (Å²) in [6.45, 7) is 3.52. The van der Waals surface area contributed by atoms with E-state index in [2.05, 4.69) is 11.8 Å². The lowest BCUT2D eigenvalue weighted by atomic mass is 9.88. The van der Waals surface area contributed by atoms with Gasteiger partial charge >= 0.3 is 0 Å². The molecular formula is C16H31NO. The van der Waals surface area contributed by atoms with Crippen LogP contribution in [0.2, 0.25) is 0 Å². The average molecular weight is 253 g/mol. The molecule has 1 heterocycles. The van der Waals surface area contributed by atoms with Gasteiger partial charge in [-0.15, -0.1) is 0 Å². The number of piperidine rings is 1. The summed E-state index contributed by atoms with van der Waals surface area (Å²) in [5.74, 6) is 0. The van der Waals surface area contributed by atoms with Gasteiger partial charge in [0.25, 0.3) is 0 Å². The Morgan fingerprint density at radius 3 is 2.44 bits per heavy atom. The molecule has 3 atom stereocenters. The third-order valence-electron chi connectivity index (χ3n) is 4.91. The van der Waals surface area contributed by atoms with Gasteiger partial charge < -0.3 is 5.11 Å². The van der Waals surface area contributed by atoms with Crippen LogP contribution in [0.15, 0.2) is 0 Å². The third-order valence-corrected chi connectivity index (χ3v) is 4.91. The van der Waals surface area contributed by atoms with Gasteiger partial charge in [-0.2, -0.15) is 0 Å². The van der Waals surface area contributed by atoms with E-state index in [0.717, 1.165) is 12.5 Å². The molecule has 1 N–H and O–H groups in total. The molecule has 2 heteroatoms. The summed E-state index contributed by atoms with van der Waals surface area (Å²) in [5.41, 5.74) is 0. The van der Waals surface area contributed by atoms with Crippen LogP contribution in [-0.4, -0.2) is 34.7 Å². The van der Waals surface area contributed by atoms with Crippen LogP contribution in [0.4, 0.5) is 0 Å². The lowest BCUT2D eigenvalue weighted by Crippen LogP contribution is -2.51. The zero-order valence-corrected chi connectivity index (χ0v) is 12.1. The van der Waals surface area contributed by atoms with Crippen molar-refractivity contribution >= 4 is 0 Å². The highest BCUT2D eigenvalue weighted by Gasteiger charge is 2.32. The number of hydrogen-bond acceptors (Lipinski definition) is 2. The molecule has 0 amide bonds. The normalized spacial score (nSPS) is 36.0. The molecule has 1 aliphatic heterocycles. The first kappa shape index (κ1) is 14.3. The van der Waals surface area contributed by atoms with Gasteiger partial charge in [0, 0.05) is 12.1 Å². The monoisotopic (exact) mass is 253 g/mol. The van der Waals surface area contributed by atoms with Gasteiger partial charge in [-0.25, -0.2) is 0 Å². The first-order valence-electron chi connectivity index (χ1n) is 8.26. The van der Waals surface area contributed by atoms with Gasteiger partial charge in [-0.05, 0) is 38.6 Å². The molecule has 3 unspecified atom stereocenters. The molecule has 1 aliphatic carbocycles. The fourth-order valence-electron chi connectivity index (χ4n) is 3.93. The molecule has 0 aromatic heterocycles. The second-order valence-corrected chi connectivity index (χ2v) is 6.30. The van der Waals surface area contributed by atoms with Crippen LogP contribution in [0.3, 0.4) is 0 Å². The first-order valence-corrected chi connectivity index (χ1v) is 8.26. The van der Waals surface area contributed by atoms with Gasteiger partial charge in [-0.3, -0.25) is 4.90 Å². The van der Waals surface area contributed by atoms with Gasteiger partial charge in [0.1, 0.15) is 0 Å². The molecule has 0 aromatic carbocycles. The molecule has 0 bridgehead atoms. The maximum absolute atomic E-state index is 10.5. The highest BCUT2D eigenvalue weighted by atomic mass is 16.3. The van der Waals surface area contributed by atoms with Gasteiger partial charge in [0.15, 0.2) is 0 Å². The van der Waals surface area contributed by atoms with Gasteiger partial charge in [-0.1, -0.05) is 45.4 Å². The highest BCUT2D eigenvalue weighted by molar-refractivity contribution is 4.87. The Bertz CT molecular complexity index is 229. The summed E-state index contributed by atoms with van der Waals surface area (Å²) in [7, 11) is 0. The fourth-order valence-corrected chi connectivity index (χ4v) is 3.93. The maximum atomic E-state index is 10.5. The van der Waals surface area contributed by atoms with Crippen molar-refractivity contribution < 1.29 is 5.11 Å². The number of aliphatic hydroxyl groups is 1. The molecule has 1 saturated carbocycles. The topological polar surface area (TPSA) is 23.5 Å². The third kappa shape index (κ3) is 3.71. The Morgan fingerprint density at radius 2 is 1.67 bits per heavy atom. The quantitative estimate of drug-likeness (QED) is 0.828. The summed E-state index contributed by atoms with van der Waals surface area (Å²) in [5, 5.41) is 10.5. The SMILES string of the molecule is CCCC1CCCCN1C1CCCCCCC1O. The minimum atomic E-state index is -0.0669. The Morgan fingerprint density at radius 1 is 0.944 bits per heavy atom. The first-order chi connectivity index (χ1) is 8.83. The summed E-state index contributed by atoms with van der Waals surface area (Å²) in [6.07, 6.45) is 14.1. The number of aliphatic hydroxyl groups excluding tert-OH is 1. The molecule has 1 saturated heterocycles. The fraction of sp³-hybridized carbons (Fsp3) is 1.00. The van der Waals surface area contributed by atoms with E-state index in [9.17, 15) is 5.11 Å². The van der Waals surface area contributed by atoms with E-state index in [4.69, 9.17) is 0 Å². The van der Waals surface area contributed by atoms with E-state index in [1.807, 2.05) is 0 Å². The van der Waals surface area contributed by atoms with Crippen LogP contribution in [-0.2, 0) is 0 Å². The lowest BCUT2D eigenvalue weighted by molar-refractivity contribution is -0.00792. The smallest absolute Gasteiger partial charge is 0.0695 e.